The third kappa shape index (κ3) is 2.95. The first kappa shape index (κ1) is 16.0. The molecule has 0 atom stereocenters. The summed E-state index contributed by atoms with van der Waals surface area (Å²) in [6.07, 6.45) is -2.90. The van der Waals surface area contributed by atoms with Gasteiger partial charge in [-0.2, -0.15) is 8.78 Å². The number of halogens is 4. The van der Waals surface area contributed by atoms with Gasteiger partial charge in [0.1, 0.15) is 0 Å². The first-order valence-electron chi connectivity index (χ1n) is 5.61. The van der Waals surface area contributed by atoms with Gasteiger partial charge in [0.15, 0.2) is 14.6 Å². The molecule has 116 valence electrons. The Morgan fingerprint density at radius 1 is 1.38 bits per heavy atom. The fraction of sp³-hybridized carbons (Fsp3) is 0.364. The van der Waals surface area contributed by atoms with Crippen LogP contribution in [-0.2, 0) is 16.4 Å². The van der Waals surface area contributed by atoms with Crippen LogP contribution in [-0.4, -0.2) is 36.6 Å². The maximum absolute atomic E-state index is 13.2. The molecule has 1 aromatic carbocycles. The zero-order valence-corrected chi connectivity index (χ0v) is 12.2. The molecule has 4 nitrogen and oxygen atoms in total. The molecule has 0 aliphatic rings. The molecule has 21 heavy (non-hydrogen) atoms. The standard InChI is InChI=1S/C11H10F4N2O2S2/c1-21(18,19)7-4-2-3-6-8(7)16-10(20)17(6)5-11(14,15)9(12)13/h2-4,9H,5H2,1H3,(H,16,20). The third-order valence-corrected chi connectivity index (χ3v) is 4.32. The van der Waals surface area contributed by atoms with E-state index in [9.17, 15) is 26.0 Å². The summed E-state index contributed by atoms with van der Waals surface area (Å²) < 4.78 is 74.8. The number of rotatable bonds is 4. The molecule has 0 fully saturated rings. The number of para-hydroxylation sites is 1. The number of alkyl halides is 4. The van der Waals surface area contributed by atoms with Gasteiger partial charge in [-0.05, 0) is 24.4 Å². The normalized spacial score (nSPS) is 13.2. The number of fused-ring (bicyclic) bond motifs is 1. The molecule has 0 saturated heterocycles. The van der Waals surface area contributed by atoms with Crippen molar-refractivity contribution < 1.29 is 26.0 Å². The van der Waals surface area contributed by atoms with Crippen LogP contribution < -0.4 is 0 Å². The molecule has 0 aliphatic carbocycles. The summed E-state index contributed by atoms with van der Waals surface area (Å²) >= 11 is 4.82. The average Bonchev–Trinajstić information content (AvgIpc) is 2.64. The van der Waals surface area contributed by atoms with Crippen LogP contribution in [0.15, 0.2) is 23.1 Å². The van der Waals surface area contributed by atoms with Gasteiger partial charge in [-0.3, -0.25) is 0 Å². The van der Waals surface area contributed by atoms with Crippen LogP contribution in [0.4, 0.5) is 17.6 Å². The van der Waals surface area contributed by atoms with Crippen molar-refractivity contribution in [1.29, 1.82) is 0 Å². The lowest BCUT2D eigenvalue weighted by atomic mass is 10.3. The van der Waals surface area contributed by atoms with Crippen molar-refractivity contribution in [3.8, 4) is 0 Å². The van der Waals surface area contributed by atoms with E-state index < -0.39 is 28.7 Å². The van der Waals surface area contributed by atoms with Gasteiger partial charge in [0.05, 0.1) is 22.5 Å². The van der Waals surface area contributed by atoms with Crippen molar-refractivity contribution in [3.63, 3.8) is 0 Å². The van der Waals surface area contributed by atoms with Gasteiger partial charge < -0.3 is 9.55 Å². The lowest BCUT2D eigenvalue weighted by Crippen LogP contribution is -2.32. The minimum Gasteiger partial charge on any atom is -0.329 e. The Morgan fingerprint density at radius 3 is 2.52 bits per heavy atom. The molecule has 1 aromatic heterocycles. The molecule has 0 spiro atoms. The van der Waals surface area contributed by atoms with Gasteiger partial charge in [-0.25, -0.2) is 17.2 Å². The second kappa shape index (κ2) is 5.09. The number of sulfone groups is 1. The lowest BCUT2D eigenvalue weighted by Gasteiger charge is -2.16. The number of hydrogen-bond donors (Lipinski definition) is 1. The van der Waals surface area contributed by atoms with E-state index in [0.29, 0.717) is 0 Å². The molecule has 0 unspecified atom stereocenters. The molecule has 0 radical (unpaired) electrons. The van der Waals surface area contributed by atoms with Crippen LogP contribution in [0.5, 0.6) is 0 Å². The quantitative estimate of drug-likeness (QED) is 0.686. The van der Waals surface area contributed by atoms with Crippen molar-refractivity contribution in [2.75, 3.05) is 6.26 Å². The minimum absolute atomic E-state index is 0.0232. The molecule has 0 aliphatic heterocycles. The number of nitrogens with zero attached hydrogens (tertiary/aromatic N) is 1. The lowest BCUT2D eigenvalue weighted by molar-refractivity contribution is -0.137. The van der Waals surface area contributed by atoms with Crippen LogP contribution in [0, 0.1) is 4.77 Å². The van der Waals surface area contributed by atoms with Crippen LogP contribution in [0.25, 0.3) is 11.0 Å². The zero-order valence-electron chi connectivity index (χ0n) is 10.6. The zero-order chi connectivity index (χ0) is 16.0. The smallest absolute Gasteiger partial charge is 0.324 e. The molecule has 1 N–H and O–H groups in total. The van der Waals surface area contributed by atoms with E-state index in [0.717, 1.165) is 10.8 Å². The molecule has 10 heteroatoms. The summed E-state index contributed by atoms with van der Waals surface area (Å²) in [5, 5.41) is 0. The molecule has 2 rings (SSSR count). The second-order valence-electron chi connectivity index (χ2n) is 4.50. The molecule has 0 saturated carbocycles. The monoisotopic (exact) mass is 342 g/mol. The summed E-state index contributed by atoms with van der Waals surface area (Å²) in [5.41, 5.74) is 0.0540. The number of nitrogens with one attached hydrogen (secondary N) is 1. The summed E-state index contributed by atoms with van der Waals surface area (Å²) in [5.74, 6) is -4.27. The first-order valence-corrected chi connectivity index (χ1v) is 7.91. The van der Waals surface area contributed by atoms with Crippen molar-refractivity contribution in [2.24, 2.45) is 0 Å². The Morgan fingerprint density at radius 2 is 2.00 bits per heavy atom. The molecule has 1 heterocycles. The SMILES string of the molecule is CS(=O)(=O)c1cccc2c1[nH]c(=S)n2CC(F)(F)C(F)F. The number of hydrogen-bond acceptors (Lipinski definition) is 3. The maximum atomic E-state index is 13.2. The molecule has 0 amide bonds. The number of aromatic nitrogens is 2. The topological polar surface area (TPSA) is 54.9 Å². The minimum atomic E-state index is -4.27. The van der Waals surface area contributed by atoms with E-state index in [1.807, 2.05) is 0 Å². The van der Waals surface area contributed by atoms with Gasteiger partial charge in [0.2, 0.25) is 0 Å². The summed E-state index contributed by atoms with van der Waals surface area (Å²) in [6, 6.07) is 3.94. The van der Waals surface area contributed by atoms with Crippen molar-refractivity contribution in [2.45, 2.75) is 23.8 Å². The van der Waals surface area contributed by atoms with Crippen LogP contribution >= 0.6 is 12.2 Å². The molecular weight excluding hydrogens is 332 g/mol. The highest BCUT2D eigenvalue weighted by atomic mass is 32.2. The van der Waals surface area contributed by atoms with Crippen LogP contribution in [0.2, 0.25) is 0 Å². The Hall–Kier alpha value is -1.42. The van der Waals surface area contributed by atoms with Crippen molar-refractivity contribution in [1.82, 2.24) is 9.55 Å². The molecule has 2 aromatic rings. The van der Waals surface area contributed by atoms with Gasteiger partial charge in [-0.15, -0.1) is 0 Å². The van der Waals surface area contributed by atoms with E-state index in [4.69, 9.17) is 12.2 Å². The Labute approximate surface area is 122 Å². The third-order valence-electron chi connectivity index (χ3n) is 2.86. The van der Waals surface area contributed by atoms with Gasteiger partial charge >= 0.3 is 12.3 Å². The maximum Gasteiger partial charge on any atom is 0.324 e. The number of H-pyrrole nitrogens is 1. The van der Waals surface area contributed by atoms with Crippen LogP contribution in [0.3, 0.4) is 0 Å². The Balaban J connectivity index is 2.68. The van der Waals surface area contributed by atoms with E-state index >= 15 is 0 Å². The number of aromatic amines is 1. The predicted molar refractivity (Wildman–Crippen MR) is 71.2 cm³/mol. The van der Waals surface area contributed by atoms with Gasteiger partial charge in [0, 0.05) is 6.26 Å². The average molecular weight is 342 g/mol. The fourth-order valence-electron chi connectivity index (χ4n) is 1.90. The second-order valence-corrected chi connectivity index (χ2v) is 6.87. The summed E-state index contributed by atoms with van der Waals surface area (Å²) in [6.45, 7) is -1.34. The van der Waals surface area contributed by atoms with Crippen LogP contribution in [0.1, 0.15) is 0 Å². The molecular formula is C11H10F4N2O2S2. The van der Waals surface area contributed by atoms with Crippen molar-refractivity contribution >= 4 is 33.1 Å². The predicted octanol–water partition coefficient (Wildman–Crippen LogP) is 3.00. The largest absolute Gasteiger partial charge is 0.329 e. The Bertz CT molecular complexity index is 840. The number of imidazole rings is 1. The summed E-state index contributed by atoms with van der Waals surface area (Å²) in [7, 11) is -3.62. The van der Waals surface area contributed by atoms with E-state index in [1.54, 1.807) is 0 Å². The van der Waals surface area contributed by atoms with Gasteiger partial charge in [0.25, 0.3) is 0 Å². The highest BCUT2D eigenvalue weighted by Crippen LogP contribution is 2.29. The van der Waals surface area contributed by atoms with Crippen molar-refractivity contribution in [3.05, 3.63) is 23.0 Å². The van der Waals surface area contributed by atoms with E-state index in [1.165, 1.54) is 18.2 Å². The van der Waals surface area contributed by atoms with E-state index in [-0.39, 0.29) is 20.7 Å². The first-order chi connectivity index (χ1) is 9.54. The summed E-state index contributed by atoms with van der Waals surface area (Å²) in [4.78, 5) is 2.35. The highest BCUT2D eigenvalue weighted by Gasteiger charge is 2.41. The Kier molecular flexibility index (Phi) is 3.87. The van der Waals surface area contributed by atoms with E-state index in [2.05, 4.69) is 4.98 Å². The fourth-order valence-corrected chi connectivity index (χ4v) is 3.02. The molecule has 0 bridgehead atoms. The number of benzene rings is 1. The highest BCUT2D eigenvalue weighted by molar-refractivity contribution is 7.91. The van der Waals surface area contributed by atoms with Gasteiger partial charge in [-0.1, -0.05) is 6.07 Å².